The van der Waals surface area contributed by atoms with Crippen molar-refractivity contribution in [2.75, 3.05) is 0 Å². The number of aromatic nitrogens is 1. The van der Waals surface area contributed by atoms with Gasteiger partial charge in [0, 0.05) is 0 Å². The fraction of sp³-hybridized carbons (Fsp3) is 0.333. The van der Waals surface area contributed by atoms with Crippen molar-refractivity contribution in [2.24, 2.45) is 5.73 Å². The molecule has 1 heterocycles. The molecule has 1 atom stereocenters. The van der Waals surface area contributed by atoms with Crippen LogP contribution in [0.5, 0.6) is 5.88 Å². The smallest absolute Gasteiger partial charge is 0.307 e. The molecule has 5 nitrogen and oxygen atoms in total. The van der Waals surface area contributed by atoms with Crippen LogP contribution in [-0.2, 0) is 0 Å². The number of nitriles is 1. The summed E-state index contributed by atoms with van der Waals surface area (Å²) in [4.78, 5) is 12.8. The summed E-state index contributed by atoms with van der Waals surface area (Å²) in [6.07, 6.45) is 0.0847. The van der Waals surface area contributed by atoms with Gasteiger partial charge in [-0.2, -0.15) is 5.26 Å². The summed E-state index contributed by atoms with van der Waals surface area (Å²) < 4.78 is 0. The third-order valence-electron chi connectivity index (χ3n) is 1.30. The minimum absolute atomic E-state index is 0.0847. The molecule has 0 saturated carbocycles. The Kier molecular flexibility index (Phi) is 2.47. The molecular formula is C6H7N3O2S. The van der Waals surface area contributed by atoms with Gasteiger partial charge in [0.2, 0.25) is 5.88 Å². The van der Waals surface area contributed by atoms with Gasteiger partial charge in [0.25, 0.3) is 0 Å². The van der Waals surface area contributed by atoms with Crippen LogP contribution in [0.4, 0.5) is 0 Å². The Bertz CT molecular complexity index is 362. The molecule has 0 spiro atoms. The van der Waals surface area contributed by atoms with Gasteiger partial charge in [-0.1, -0.05) is 11.3 Å². The first-order valence-electron chi connectivity index (χ1n) is 3.19. The van der Waals surface area contributed by atoms with E-state index in [1.54, 1.807) is 0 Å². The Hall–Kier alpha value is -1.32. The molecule has 0 bridgehead atoms. The third kappa shape index (κ3) is 1.64. The zero-order valence-corrected chi connectivity index (χ0v) is 6.89. The van der Waals surface area contributed by atoms with Gasteiger partial charge < -0.3 is 10.8 Å². The van der Waals surface area contributed by atoms with Crippen LogP contribution in [0.25, 0.3) is 0 Å². The van der Waals surface area contributed by atoms with E-state index in [2.05, 4.69) is 4.98 Å². The van der Waals surface area contributed by atoms with Gasteiger partial charge in [-0.3, -0.25) is 9.78 Å². The van der Waals surface area contributed by atoms with Crippen LogP contribution >= 0.6 is 11.3 Å². The second kappa shape index (κ2) is 3.38. The lowest BCUT2D eigenvalue weighted by Crippen LogP contribution is -2.07. The normalized spacial score (nSPS) is 12.3. The van der Waals surface area contributed by atoms with E-state index in [9.17, 15) is 4.79 Å². The van der Waals surface area contributed by atoms with E-state index in [1.807, 2.05) is 6.07 Å². The molecule has 1 aromatic rings. The van der Waals surface area contributed by atoms with Crippen LogP contribution in [0.2, 0.25) is 0 Å². The maximum Gasteiger partial charge on any atom is 0.307 e. The molecule has 0 radical (unpaired) electrons. The minimum Gasteiger partial charge on any atom is -0.494 e. The largest absolute Gasteiger partial charge is 0.494 e. The maximum atomic E-state index is 10.7. The molecule has 6 heteroatoms. The van der Waals surface area contributed by atoms with E-state index in [1.165, 1.54) is 0 Å². The van der Waals surface area contributed by atoms with Crippen molar-refractivity contribution >= 4 is 11.3 Å². The van der Waals surface area contributed by atoms with Crippen molar-refractivity contribution in [3.8, 4) is 11.9 Å². The monoisotopic (exact) mass is 185 g/mol. The number of nitrogens with zero attached hydrogens (tertiary/aromatic N) is 1. The van der Waals surface area contributed by atoms with Crippen LogP contribution in [-0.4, -0.2) is 10.1 Å². The predicted octanol–water partition coefficient (Wildman–Crippen LogP) is 0.0555. The number of aromatic amines is 1. The van der Waals surface area contributed by atoms with Crippen LogP contribution in [0.1, 0.15) is 17.3 Å². The molecule has 0 aliphatic rings. The molecule has 64 valence electrons. The Labute approximate surface area is 72.1 Å². The lowest BCUT2D eigenvalue weighted by molar-refractivity contribution is 0.445. The molecule has 4 N–H and O–H groups in total. The molecular weight excluding hydrogens is 178 g/mol. The Balaban J connectivity index is 2.95. The second-order valence-corrected chi connectivity index (χ2v) is 3.21. The first-order chi connectivity index (χ1) is 5.65. The molecule has 1 rings (SSSR count). The fourth-order valence-electron chi connectivity index (χ4n) is 0.774. The van der Waals surface area contributed by atoms with Crippen molar-refractivity contribution in [2.45, 2.75) is 12.5 Å². The number of nitrogens with one attached hydrogen (secondary N) is 1. The highest BCUT2D eigenvalue weighted by molar-refractivity contribution is 7.09. The van der Waals surface area contributed by atoms with Gasteiger partial charge in [-0.05, 0) is 0 Å². The summed E-state index contributed by atoms with van der Waals surface area (Å²) in [6, 6.07) is 1.27. The summed E-state index contributed by atoms with van der Waals surface area (Å²) in [5.41, 5.74) is 5.49. The van der Waals surface area contributed by atoms with Gasteiger partial charge >= 0.3 is 4.87 Å². The number of aromatic hydroxyl groups is 1. The summed E-state index contributed by atoms with van der Waals surface area (Å²) in [7, 11) is 0. The topological polar surface area (TPSA) is 103 Å². The van der Waals surface area contributed by atoms with Crippen molar-refractivity contribution in [3.63, 3.8) is 0 Å². The van der Waals surface area contributed by atoms with Crippen LogP contribution < -0.4 is 10.6 Å². The standard InChI is InChI=1S/C6H7N3O2S/c7-2-1-3(8)4-5(10)9-6(11)12-4/h3,10H,1,8H2,(H,9,11). The van der Waals surface area contributed by atoms with E-state index in [0.29, 0.717) is 4.88 Å². The van der Waals surface area contributed by atoms with Crippen LogP contribution in [0, 0.1) is 11.3 Å². The Morgan fingerprint density at radius 3 is 2.92 bits per heavy atom. The van der Waals surface area contributed by atoms with E-state index in [-0.39, 0.29) is 17.2 Å². The van der Waals surface area contributed by atoms with Crippen molar-refractivity contribution in [3.05, 3.63) is 14.5 Å². The summed E-state index contributed by atoms with van der Waals surface area (Å²) in [5.74, 6) is -0.229. The van der Waals surface area contributed by atoms with Crippen molar-refractivity contribution < 1.29 is 5.11 Å². The fourth-order valence-corrected chi connectivity index (χ4v) is 1.50. The molecule has 0 saturated heterocycles. The van der Waals surface area contributed by atoms with E-state index < -0.39 is 6.04 Å². The molecule has 0 amide bonds. The quantitative estimate of drug-likeness (QED) is 0.605. The molecule has 0 fully saturated rings. The zero-order valence-electron chi connectivity index (χ0n) is 6.07. The average molecular weight is 185 g/mol. The molecule has 1 aromatic heterocycles. The number of nitrogens with two attached hydrogens (primary N) is 1. The summed E-state index contributed by atoms with van der Waals surface area (Å²) >= 11 is 0.825. The second-order valence-electron chi connectivity index (χ2n) is 2.20. The lowest BCUT2D eigenvalue weighted by atomic mass is 10.2. The Morgan fingerprint density at radius 1 is 1.83 bits per heavy atom. The molecule has 12 heavy (non-hydrogen) atoms. The van der Waals surface area contributed by atoms with Crippen molar-refractivity contribution in [1.82, 2.24) is 4.98 Å². The average Bonchev–Trinajstić information content (AvgIpc) is 2.30. The molecule has 0 aromatic carbocycles. The maximum absolute atomic E-state index is 10.7. The van der Waals surface area contributed by atoms with Gasteiger partial charge in [-0.25, -0.2) is 0 Å². The van der Waals surface area contributed by atoms with Gasteiger partial charge in [0.05, 0.1) is 23.4 Å². The summed E-state index contributed by atoms with van der Waals surface area (Å²) in [6.45, 7) is 0. The van der Waals surface area contributed by atoms with E-state index >= 15 is 0 Å². The van der Waals surface area contributed by atoms with E-state index in [4.69, 9.17) is 16.1 Å². The highest BCUT2D eigenvalue weighted by Gasteiger charge is 2.14. The number of hydrogen-bond acceptors (Lipinski definition) is 5. The number of thiazole rings is 1. The lowest BCUT2D eigenvalue weighted by Gasteiger charge is -2.02. The molecule has 0 aliphatic heterocycles. The first-order valence-corrected chi connectivity index (χ1v) is 4.01. The molecule has 1 unspecified atom stereocenters. The minimum atomic E-state index is -0.584. The third-order valence-corrected chi connectivity index (χ3v) is 2.31. The number of rotatable bonds is 2. The highest BCUT2D eigenvalue weighted by atomic mass is 32.1. The number of H-pyrrole nitrogens is 1. The molecule has 0 aliphatic carbocycles. The zero-order chi connectivity index (χ0) is 9.14. The van der Waals surface area contributed by atoms with Gasteiger partial charge in [0.15, 0.2) is 0 Å². The highest BCUT2D eigenvalue weighted by Crippen LogP contribution is 2.24. The predicted molar refractivity (Wildman–Crippen MR) is 43.8 cm³/mol. The summed E-state index contributed by atoms with van der Waals surface area (Å²) in [5, 5.41) is 17.4. The van der Waals surface area contributed by atoms with Crippen molar-refractivity contribution in [1.29, 1.82) is 5.26 Å². The van der Waals surface area contributed by atoms with Gasteiger partial charge in [-0.15, -0.1) is 0 Å². The van der Waals surface area contributed by atoms with Gasteiger partial charge in [0.1, 0.15) is 0 Å². The SMILES string of the molecule is N#CCC(N)c1sc(=O)[nH]c1O. The Morgan fingerprint density at radius 2 is 2.50 bits per heavy atom. The van der Waals surface area contributed by atoms with E-state index in [0.717, 1.165) is 11.3 Å². The number of hydrogen-bond donors (Lipinski definition) is 3. The first kappa shape index (κ1) is 8.77. The van der Waals surface area contributed by atoms with Crippen LogP contribution in [0.3, 0.4) is 0 Å². The van der Waals surface area contributed by atoms with Crippen LogP contribution in [0.15, 0.2) is 4.79 Å².